The van der Waals surface area contributed by atoms with Gasteiger partial charge in [-0.3, -0.25) is 14.7 Å². The predicted octanol–water partition coefficient (Wildman–Crippen LogP) is 17.1. The number of sulfone groups is 1. The summed E-state index contributed by atoms with van der Waals surface area (Å²) < 4.78 is 54.0. The van der Waals surface area contributed by atoms with Crippen LogP contribution in [0.15, 0.2) is 248 Å². The Hall–Kier alpha value is -13.5. The Labute approximate surface area is 670 Å². The van der Waals surface area contributed by atoms with Crippen molar-refractivity contribution in [1.29, 1.82) is 0 Å². The van der Waals surface area contributed by atoms with Gasteiger partial charge < -0.3 is 55.1 Å². The first-order valence-corrected chi connectivity index (χ1v) is 40.2. The minimum absolute atomic E-state index is 0.0327. The zero-order valence-corrected chi connectivity index (χ0v) is 65.6. The average molecular weight is 1570 g/mol. The summed E-state index contributed by atoms with van der Waals surface area (Å²) in [6.07, 6.45) is 15.3. The van der Waals surface area contributed by atoms with Crippen LogP contribution in [0, 0.1) is 38.5 Å². The quantitative estimate of drug-likeness (QED) is 0.0261. The third-order valence-electron chi connectivity index (χ3n) is 20.1. The SMILES string of the molecule is CCC(=O)NC/C=C/c1ccc2ncnc(Nc3ccc(Oc4ccc(C)nc4)c(C)c3)c2c1.COc1cc(Nc2ncnc3ccc(-c4ccc(CN5C[C@@H]6C(CO)[C@@H]6C5)cc4)cc23)ccc1Oc1ccccc1.Cc1cc(Nc2ncnc3ccc(-c4ccc(CNCCS(C)(=O)=O)o4)cc23)ccc1Oc1ccn2ncnc2c1. The molecule has 25 nitrogen and oxygen atoms in total. The van der Waals surface area contributed by atoms with E-state index in [4.69, 9.17) is 23.4 Å². The van der Waals surface area contributed by atoms with E-state index in [-0.39, 0.29) is 11.7 Å². The van der Waals surface area contributed by atoms with Crippen molar-refractivity contribution in [3.05, 3.63) is 278 Å². The molecule has 7 aromatic heterocycles. The standard InChI is InChI=1S/C34H32N4O3.C29H27N7O4S.C27H27N5O2/c1-40-33-16-25(12-14-32(33)41-26-5-3-2-4-6-26)37-34-27-15-24(11-13-31(27)35-21-36-34)23-9-7-22(8-10-23)17-38-18-28-29(19-38)30(28)20-39;1-19-13-21(4-7-26(19)39-22-9-11-36-28(15-22)32-18-34-36)35-29-24-14-20(3-6-25(24)31-17-33-29)27-8-5-23(40-27)16-30-10-12-41(2,37)38;1-4-26(33)28-13-5-6-20-8-11-24-23(15-20)27(31-17-30-24)32-21-9-12-25(18(2)14-21)34-22-10-7-19(3)29-16-22/h2-16,21,28-30,39H,17-20H2,1H3,(H,35,36,37);3-9,11,13-15,17-18,30H,10,12,16H2,1-2H3,(H,31,33,35);5-12,14-17H,4,13H2,1-3H3,(H,28,33)(H,30,31,32)/b;;6-5+/t28-,29+,30?;;. The fourth-order valence-corrected chi connectivity index (χ4v) is 14.4. The van der Waals surface area contributed by atoms with E-state index in [1.165, 1.54) is 24.5 Å². The van der Waals surface area contributed by atoms with Gasteiger partial charge in [-0.05, 0) is 205 Å². The molecule has 26 heteroatoms. The van der Waals surface area contributed by atoms with Crippen LogP contribution < -0.4 is 45.5 Å². The zero-order chi connectivity index (χ0) is 80.1. The summed E-state index contributed by atoms with van der Waals surface area (Å²) in [5, 5.41) is 32.4. The lowest BCUT2D eigenvalue weighted by atomic mass is 10.0. The number of ether oxygens (including phenoxy) is 4. The van der Waals surface area contributed by atoms with Gasteiger partial charge in [-0.15, -0.1) is 0 Å². The lowest BCUT2D eigenvalue weighted by molar-refractivity contribution is -0.120. The van der Waals surface area contributed by atoms with Crippen molar-refractivity contribution in [2.45, 2.75) is 47.2 Å². The number of anilines is 6. The molecule has 0 spiro atoms. The molecular weight excluding hydrogens is 1480 g/mol. The summed E-state index contributed by atoms with van der Waals surface area (Å²) in [6, 6.07) is 65.4. The maximum absolute atomic E-state index is 11.4. The summed E-state index contributed by atoms with van der Waals surface area (Å²) in [5.41, 5.74) is 14.1. The van der Waals surface area contributed by atoms with Gasteiger partial charge in [0, 0.05) is 115 Å². The molecule has 1 aliphatic heterocycles. The monoisotopic (exact) mass is 1570 g/mol. The van der Waals surface area contributed by atoms with Gasteiger partial charge in [-0.25, -0.2) is 47.8 Å². The minimum atomic E-state index is -3.01. The molecule has 1 saturated carbocycles. The fraction of sp³-hybridized carbons (Fsp3) is 0.200. The maximum Gasteiger partial charge on any atom is 0.219 e. The van der Waals surface area contributed by atoms with E-state index in [9.17, 15) is 18.3 Å². The zero-order valence-electron chi connectivity index (χ0n) is 64.8. The molecule has 2 aliphatic rings. The first-order chi connectivity index (χ1) is 56.5. The molecule has 116 heavy (non-hydrogen) atoms. The van der Waals surface area contributed by atoms with Crippen LogP contribution >= 0.6 is 0 Å². The van der Waals surface area contributed by atoms with Crippen molar-refractivity contribution < 1.29 is 41.7 Å². The van der Waals surface area contributed by atoms with Gasteiger partial charge in [0.1, 0.15) is 92.9 Å². The molecule has 6 N–H and O–H groups in total. The second-order valence-corrected chi connectivity index (χ2v) is 30.7. The number of carbonyl (C=O) groups excluding carboxylic acids is 1. The number of aromatic nitrogens is 10. The highest BCUT2D eigenvalue weighted by molar-refractivity contribution is 7.90. The summed E-state index contributed by atoms with van der Waals surface area (Å²) in [5.74, 6) is 10.5. The van der Waals surface area contributed by atoms with Crippen LogP contribution in [0.25, 0.3) is 66.9 Å². The van der Waals surface area contributed by atoms with E-state index in [0.717, 1.165) is 143 Å². The van der Waals surface area contributed by atoms with Crippen LogP contribution in [-0.4, -0.2) is 126 Å². The number of nitrogens with zero attached hydrogens (tertiary/aromatic N) is 11. The van der Waals surface area contributed by atoms with E-state index in [1.54, 1.807) is 36.7 Å². The Bertz CT molecular complexity index is 6140. The summed E-state index contributed by atoms with van der Waals surface area (Å²) >= 11 is 0. The van der Waals surface area contributed by atoms with Crippen LogP contribution in [0.5, 0.6) is 40.2 Å². The number of amides is 1. The van der Waals surface area contributed by atoms with E-state index < -0.39 is 9.84 Å². The van der Waals surface area contributed by atoms with Crippen LogP contribution in [0.1, 0.15) is 47.1 Å². The minimum Gasteiger partial charge on any atom is -0.493 e. The van der Waals surface area contributed by atoms with Gasteiger partial charge in [-0.2, -0.15) is 5.10 Å². The number of piperidine rings is 1. The number of nitrogens with one attached hydrogen (secondary N) is 5. The largest absolute Gasteiger partial charge is 0.493 e. The second kappa shape index (κ2) is 35.7. The molecule has 586 valence electrons. The highest BCUT2D eigenvalue weighted by Gasteiger charge is 2.54. The first kappa shape index (κ1) is 77.8. The Morgan fingerprint density at radius 3 is 1.80 bits per heavy atom. The van der Waals surface area contributed by atoms with E-state index in [2.05, 4.69) is 113 Å². The van der Waals surface area contributed by atoms with Crippen molar-refractivity contribution >= 4 is 94.7 Å². The Morgan fingerprint density at radius 1 is 0.578 bits per heavy atom. The Kier molecular flexibility index (Phi) is 23.9. The predicted molar refractivity (Wildman–Crippen MR) is 452 cm³/mol. The molecule has 2 fully saturated rings. The van der Waals surface area contributed by atoms with Crippen molar-refractivity contribution in [1.82, 2.24) is 65.0 Å². The van der Waals surface area contributed by atoms with Crippen molar-refractivity contribution in [3.8, 4) is 62.7 Å². The van der Waals surface area contributed by atoms with Gasteiger partial charge in [0.15, 0.2) is 17.1 Å². The average Bonchev–Trinajstić information content (AvgIpc) is 1.58. The number of likely N-dealkylation sites (tertiary alicyclic amines) is 1. The molecule has 8 aromatic carbocycles. The van der Waals surface area contributed by atoms with Crippen molar-refractivity contribution in [3.63, 3.8) is 0 Å². The Balaban J connectivity index is 0.000000137. The van der Waals surface area contributed by atoms with Crippen LogP contribution in [-0.2, 0) is 27.7 Å². The number of aryl methyl sites for hydroxylation is 3. The normalized spacial score (nSPS) is 14.3. The number of furan rings is 1. The fourth-order valence-electron chi connectivity index (χ4n) is 13.9. The molecule has 15 aromatic rings. The topological polar surface area (TPSA) is 305 Å². The van der Waals surface area contributed by atoms with E-state index in [0.29, 0.717) is 90.6 Å². The lowest BCUT2D eigenvalue weighted by Gasteiger charge is -2.19. The van der Waals surface area contributed by atoms with E-state index >= 15 is 0 Å². The number of benzene rings is 8. The second-order valence-electron chi connectivity index (χ2n) is 28.5. The number of aliphatic hydroxyl groups excluding tert-OH is 1. The lowest BCUT2D eigenvalue weighted by Crippen LogP contribution is -2.24. The molecule has 1 amide bonds. The van der Waals surface area contributed by atoms with Gasteiger partial charge >= 0.3 is 0 Å². The summed E-state index contributed by atoms with van der Waals surface area (Å²) in [4.78, 5) is 49.2. The smallest absolute Gasteiger partial charge is 0.219 e. The van der Waals surface area contributed by atoms with Crippen LogP contribution in [0.3, 0.4) is 0 Å². The number of carbonyl (C=O) groups is 1. The third kappa shape index (κ3) is 19.6. The third-order valence-corrected chi connectivity index (χ3v) is 21.0. The van der Waals surface area contributed by atoms with Gasteiger partial charge in [0.2, 0.25) is 5.91 Å². The molecule has 0 radical (unpaired) electrons. The van der Waals surface area contributed by atoms with Crippen LogP contribution in [0.4, 0.5) is 34.5 Å². The maximum atomic E-state index is 11.4. The number of hydrogen-bond donors (Lipinski definition) is 6. The number of aliphatic hydroxyl groups is 1. The molecule has 1 saturated heterocycles. The number of pyridine rings is 2. The number of methoxy groups -OCH3 is 1. The van der Waals surface area contributed by atoms with Crippen LogP contribution in [0.2, 0.25) is 0 Å². The highest BCUT2D eigenvalue weighted by atomic mass is 32.2. The molecule has 1 aliphatic carbocycles. The summed E-state index contributed by atoms with van der Waals surface area (Å²) in [6.45, 7) is 12.6. The molecule has 1 unspecified atom stereocenters. The Morgan fingerprint density at radius 2 is 1.18 bits per heavy atom. The van der Waals surface area contributed by atoms with Crippen molar-refractivity contribution in [2.24, 2.45) is 17.8 Å². The number of para-hydroxylation sites is 1. The van der Waals surface area contributed by atoms with E-state index in [1.807, 2.05) is 204 Å². The number of hydrogen-bond acceptors (Lipinski definition) is 23. The van der Waals surface area contributed by atoms with Gasteiger partial charge in [0.25, 0.3) is 0 Å². The molecule has 8 heterocycles. The number of rotatable bonds is 27. The van der Waals surface area contributed by atoms with Gasteiger partial charge in [0.05, 0.1) is 42.2 Å². The van der Waals surface area contributed by atoms with Gasteiger partial charge in [-0.1, -0.05) is 73.7 Å². The molecular formula is C90H86N16O9S. The molecule has 0 bridgehead atoms. The molecule has 3 atom stereocenters. The van der Waals surface area contributed by atoms with Crippen molar-refractivity contribution in [2.75, 3.05) is 67.9 Å². The highest BCUT2D eigenvalue weighted by Crippen LogP contribution is 2.51. The molecule has 17 rings (SSSR count). The first-order valence-electron chi connectivity index (χ1n) is 38.1. The number of fused-ring (bicyclic) bond motifs is 5. The summed E-state index contributed by atoms with van der Waals surface area (Å²) in [7, 11) is -1.37.